The highest BCUT2D eigenvalue weighted by atomic mass is 127. The lowest BCUT2D eigenvalue weighted by atomic mass is 9.85. The van der Waals surface area contributed by atoms with Gasteiger partial charge in [0.2, 0.25) is 17.7 Å². The summed E-state index contributed by atoms with van der Waals surface area (Å²) >= 11 is 3.52. The number of nitrogens with one attached hydrogen (secondary N) is 5. The van der Waals surface area contributed by atoms with Gasteiger partial charge in [-0.15, -0.1) is 11.3 Å². The molecular formula is C53H66FIN8O12S2. The molecule has 0 aliphatic carbocycles. The maximum atomic E-state index is 14.7. The molecular weight excluding hydrogens is 1150 g/mol. The Morgan fingerprint density at radius 3 is 2.13 bits per heavy atom. The van der Waals surface area contributed by atoms with E-state index in [0.717, 1.165) is 21.7 Å². The molecule has 0 radical (unpaired) electrons. The number of likely N-dealkylation sites (tertiary alicyclic amines) is 1. The number of hydrogen-bond donors (Lipinski definition) is 6. The number of carbonyl (C=O) groups excluding carboxylic acids is 4. The van der Waals surface area contributed by atoms with Crippen LogP contribution in [-0.2, 0) is 50.4 Å². The normalized spacial score (nSPS) is 15.4. The molecule has 3 aromatic carbocycles. The van der Waals surface area contributed by atoms with Gasteiger partial charge in [0.15, 0.2) is 0 Å². The van der Waals surface area contributed by atoms with Gasteiger partial charge < -0.3 is 50.2 Å². The standard InChI is InChI=1S/C53H66FIN8O12S2/c1-32-26-43(48(62(7)51(32)68)59-42-17-14-38(55)27-41(42)54)61-77(70,71)40-15-12-37(13-16-40)49(66)56-18-19-72-20-21-73-22-23-74-24-25-75-30-45(65)60-47(53(4,5)6)52(69)63-29-39(64)28-44(63)50(67)58-33(2)35-8-10-36(11-9-35)46-34(3)57-31-76-46/h8-17,26-27,31,33,39,44,47,59,61,64H,18-25,28-30H2,1-7H3,(H,56,66)(H,58,67)(H,60,65). The van der Waals surface area contributed by atoms with E-state index >= 15 is 0 Å². The monoisotopic (exact) mass is 1220 g/mol. The molecule has 0 saturated carbocycles. The second kappa shape index (κ2) is 27.6. The summed E-state index contributed by atoms with van der Waals surface area (Å²) < 4.78 is 68.0. The molecule has 6 rings (SSSR count). The first-order valence-electron chi connectivity index (χ1n) is 24.8. The number of halogens is 2. The predicted octanol–water partition coefficient (Wildman–Crippen LogP) is 5.58. The highest BCUT2D eigenvalue weighted by Crippen LogP contribution is 2.31. The van der Waals surface area contributed by atoms with E-state index in [1.54, 1.807) is 43.7 Å². The van der Waals surface area contributed by atoms with Crippen molar-refractivity contribution < 1.29 is 56.0 Å². The van der Waals surface area contributed by atoms with Crippen LogP contribution in [0.2, 0.25) is 0 Å². The number of thiazole rings is 1. The van der Waals surface area contributed by atoms with Crippen LogP contribution in [0.1, 0.15) is 67.3 Å². The molecule has 5 aromatic rings. The van der Waals surface area contributed by atoms with Crippen LogP contribution in [0.4, 0.5) is 21.6 Å². The van der Waals surface area contributed by atoms with Crippen LogP contribution >= 0.6 is 33.9 Å². The molecule has 1 fully saturated rings. The van der Waals surface area contributed by atoms with Gasteiger partial charge in [-0.1, -0.05) is 45.0 Å². The minimum atomic E-state index is -4.22. The summed E-state index contributed by atoms with van der Waals surface area (Å²) in [4.78, 5) is 72.7. The average Bonchev–Trinajstić information content (AvgIpc) is 4.02. The van der Waals surface area contributed by atoms with Crippen molar-refractivity contribution in [2.45, 2.75) is 77.1 Å². The summed E-state index contributed by atoms with van der Waals surface area (Å²) in [6.45, 7) is 12.0. The molecule has 0 spiro atoms. The van der Waals surface area contributed by atoms with Crippen LogP contribution < -0.4 is 31.5 Å². The number of hydrogen-bond acceptors (Lipinski definition) is 15. The number of anilines is 3. The first kappa shape index (κ1) is 60.4. The zero-order valence-corrected chi connectivity index (χ0v) is 47.7. The Hall–Kier alpha value is -5.87. The summed E-state index contributed by atoms with van der Waals surface area (Å²) in [5.74, 6) is -2.42. The lowest BCUT2D eigenvalue weighted by Gasteiger charge is -2.35. The number of benzene rings is 3. The van der Waals surface area contributed by atoms with Gasteiger partial charge >= 0.3 is 0 Å². The minimum Gasteiger partial charge on any atom is -0.391 e. The van der Waals surface area contributed by atoms with Crippen molar-refractivity contribution in [1.82, 2.24) is 30.4 Å². The number of aliphatic hydroxyl groups is 1. The number of ether oxygens (including phenoxy) is 4. The zero-order chi connectivity index (χ0) is 56.0. The number of carbonyl (C=O) groups is 4. The number of β-amino-alcohol motifs (C(OH)–C–C–N with tert-alkyl or cyclic N) is 1. The third-order valence-corrected chi connectivity index (χ3v) is 15.4. The van der Waals surface area contributed by atoms with Crippen molar-refractivity contribution in [3.63, 3.8) is 0 Å². The number of pyridine rings is 1. The molecule has 3 heterocycles. The van der Waals surface area contributed by atoms with Gasteiger partial charge in [-0.05, 0) is 108 Å². The summed E-state index contributed by atoms with van der Waals surface area (Å²) in [6, 6.07) is 16.6. The number of aliphatic hydroxyl groups excluding tert-OH is 1. The van der Waals surface area contributed by atoms with Crippen LogP contribution in [0.5, 0.6) is 0 Å². The quantitative estimate of drug-likeness (QED) is 0.0292. The van der Waals surface area contributed by atoms with Crippen molar-refractivity contribution in [2.24, 2.45) is 12.5 Å². The lowest BCUT2D eigenvalue weighted by Crippen LogP contribution is -2.58. The van der Waals surface area contributed by atoms with Crippen molar-refractivity contribution in [2.75, 3.05) is 76.0 Å². The van der Waals surface area contributed by atoms with Gasteiger partial charge in [0, 0.05) is 41.3 Å². The average molecular weight is 1220 g/mol. The fourth-order valence-corrected chi connectivity index (χ4v) is 10.5. The molecule has 1 aliphatic rings. The largest absolute Gasteiger partial charge is 0.391 e. The molecule has 20 nitrogen and oxygen atoms in total. The molecule has 4 amide bonds. The number of nitrogens with zero attached hydrogens (tertiary/aromatic N) is 3. The Labute approximate surface area is 465 Å². The smallest absolute Gasteiger partial charge is 0.262 e. The Bertz CT molecular complexity index is 3030. The first-order chi connectivity index (χ1) is 36.5. The van der Waals surface area contributed by atoms with Crippen molar-refractivity contribution in [3.8, 4) is 10.4 Å². The molecule has 416 valence electrons. The number of amides is 4. The summed E-state index contributed by atoms with van der Waals surface area (Å²) in [5, 5.41) is 21.9. The van der Waals surface area contributed by atoms with Gasteiger partial charge in [0.1, 0.15) is 30.3 Å². The number of rotatable bonds is 26. The van der Waals surface area contributed by atoms with Gasteiger partial charge in [0.25, 0.3) is 21.5 Å². The van der Waals surface area contributed by atoms with E-state index in [1.165, 1.54) is 65.9 Å². The van der Waals surface area contributed by atoms with E-state index in [9.17, 15) is 41.9 Å². The molecule has 77 heavy (non-hydrogen) atoms. The van der Waals surface area contributed by atoms with Crippen LogP contribution in [-0.4, -0.2) is 136 Å². The summed E-state index contributed by atoms with van der Waals surface area (Å²) in [6.07, 6.45) is -0.845. The summed E-state index contributed by atoms with van der Waals surface area (Å²) in [5.41, 5.74) is 4.03. The highest BCUT2D eigenvalue weighted by molar-refractivity contribution is 14.1. The maximum absolute atomic E-state index is 14.7. The van der Waals surface area contributed by atoms with E-state index in [2.05, 4.69) is 31.0 Å². The van der Waals surface area contributed by atoms with Crippen molar-refractivity contribution in [3.05, 3.63) is 120 Å². The number of aryl methyl sites for hydroxylation is 2. The number of sulfonamides is 1. The van der Waals surface area contributed by atoms with E-state index in [0.29, 0.717) is 3.57 Å². The molecule has 1 aliphatic heterocycles. The molecule has 0 bridgehead atoms. The fourth-order valence-electron chi connectivity index (χ4n) is 8.21. The highest BCUT2D eigenvalue weighted by Gasteiger charge is 2.44. The SMILES string of the molecule is Cc1ncsc1-c1ccc(C(C)NC(=O)C2CC(O)CN2C(=O)C(NC(=O)COCCOCCOCCOCCNC(=O)c2ccc(S(=O)(=O)Nc3cc(C)c(=O)n(C)c3Nc3ccc(I)cc3F)cc2)C(C)(C)C)cc1. The first-order valence-corrected chi connectivity index (χ1v) is 28.2. The molecule has 1 saturated heterocycles. The Morgan fingerprint density at radius 2 is 1.52 bits per heavy atom. The Morgan fingerprint density at radius 1 is 0.883 bits per heavy atom. The van der Waals surface area contributed by atoms with Crippen molar-refractivity contribution >= 4 is 84.8 Å². The Kier molecular flexibility index (Phi) is 21.7. The molecule has 2 aromatic heterocycles. The molecule has 4 unspecified atom stereocenters. The van der Waals surface area contributed by atoms with Crippen LogP contribution in [0.3, 0.4) is 0 Å². The van der Waals surface area contributed by atoms with E-state index < -0.39 is 68.6 Å². The van der Waals surface area contributed by atoms with Crippen LogP contribution in [0.15, 0.2) is 88.0 Å². The minimum absolute atomic E-state index is 0.0157. The lowest BCUT2D eigenvalue weighted by molar-refractivity contribution is -0.144. The van der Waals surface area contributed by atoms with Gasteiger partial charge in [0.05, 0.1) is 90.7 Å². The van der Waals surface area contributed by atoms with Gasteiger partial charge in [-0.3, -0.25) is 33.3 Å². The molecule has 6 N–H and O–H groups in total. The second-order valence-corrected chi connectivity index (χ2v) is 23.1. The third-order valence-electron chi connectivity index (χ3n) is 12.4. The molecule has 24 heteroatoms. The summed E-state index contributed by atoms with van der Waals surface area (Å²) in [7, 11) is -2.78. The maximum Gasteiger partial charge on any atom is 0.262 e. The molecule has 4 atom stereocenters. The van der Waals surface area contributed by atoms with E-state index in [-0.39, 0.29) is 112 Å². The fraction of sp³-hybridized carbons (Fsp3) is 0.434. The van der Waals surface area contributed by atoms with Crippen molar-refractivity contribution in [1.29, 1.82) is 0 Å². The zero-order valence-electron chi connectivity index (χ0n) is 43.9. The van der Waals surface area contributed by atoms with E-state index in [1.807, 2.05) is 60.7 Å². The third kappa shape index (κ3) is 16.8. The van der Waals surface area contributed by atoms with Crippen LogP contribution in [0, 0.1) is 28.6 Å². The van der Waals surface area contributed by atoms with Gasteiger partial charge in [-0.25, -0.2) is 17.8 Å². The van der Waals surface area contributed by atoms with E-state index in [4.69, 9.17) is 18.9 Å². The second-order valence-electron chi connectivity index (χ2n) is 19.4. The van der Waals surface area contributed by atoms with Gasteiger partial charge in [-0.2, -0.15) is 0 Å². The predicted molar refractivity (Wildman–Crippen MR) is 298 cm³/mol. The van der Waals surface area contributed by atoms with Crippen LogP contribution in [0.25, 0.3) is 10.4 Å². The Balaban J connectivity index is 0.827. The topological polar surface area (TPSA) is 258 Å². The number of aromatic nitrogens is 2.